The fraction of sp³-hybridized carbons (Fsp3) is 0.444. The van der Waals surface area contributed by atoms with E-state index in [1.807, 2.05) is 30.2 Å². The topological polar surface area (TPSA) is 126 Å². The van der Waals surface area contributed by atoms with E-state index < -0.39 is 11.5 Å². The predicted octanol–water partition coefficient (Wildman–Crippen LogP) is -0.0122. The second-order valence-corrected chi connectivity index (χ2v) is 8.86. The summed E-state index contributed by atoms with van der Waals surface area (Å²) in [5.41, 5.74) is 0.194. The van der Waals surface area contributed by atoms with Gasteiger partial charge in [-0.05, 0) is 31.6 Å². The zero-order chi connectivity index (χ0) is 20.4. The highest BCUT2D eigenvalue weighted by Gasteiger charge is 2.43. The van der Waals surface area contributed by atoms with Crippen LogP contribution in [0.15, 0.2) is 34.5 Å². The summed E-state index contributed by atoms with van der Waals surface area (Å²) in [6.07, 6.45) is 5.62. The standard InChI is InChI=1S/C18H19BN6O3S/c1-9-8-25-15(21-9)3-2-11(23-25)13-7-20-12-4-14(29-16(12)22-13)10-5-17(19,26)24-18(27,28)6-10/h2-4,7,9-10,24,26-28H,5-6,8H2,1H3. The number of hydrogen-bond acceptors (Lipinski definition) is 10. The van der Waals surface area contributed by atoms with Crippen molar-refractivity contribution in [3.63, 3.8) is 0 Å². The van der Waals surface area contributed by atoms with Crippen LogP contribution in [0.25, 0.3) is 10.3 Å². The molecule has 5 rings (SSSR count). The van der Waals surface area contributed by atoms with Gasteiger partial charge in [0.1, 0.15) is 35.4 Å². The maximum Gasteiger partial charge on any atom is 0.224 e. The van der Waals surface area contributed by atoms with Gasteiger partial charge in [0.25, 0.3) is 0 Å². The van der Waals surface area contributed by atoms with Gasteiger partial charge in [-0.2, -0.15) is 5.10 Å². The zero-order valence-corrected chi connectivity index (χ0v) is 16.5. The average Bonchev–Trinajstić information content (AvgIpc) is 3.19. The van der Waals surface area contributed by atoms with E-state index in [1.54, 1.807) is 6.20 Å². The van der Waals surface area contributed by atoms with Gasteiger partial charge in [0.15, 0.2) is 0 Å². The van der Waals surface area contributed by atoms with Gasteiger partial charge in [-0.15, -0.1) is 11.3 Å². The van der Waals surface area contributed by atoms with E-state index >= 15 is 0 Å². The molecule has 3 aliphatic heterocycles. The minimum absolute atomic E-state index is 0.00308. The van der Waals surface area contributed by atoms with Gasteiger partial charge in [-0.25, -0.2) is 15.3 Å². The maximum absolute atomic E-state index is 10.1. The summed E-state index contributed by atoms with van der Waals surface area (Å²) >= 11 is 1.40. The maximum atomic E-state index is 10.1. The van der Waals surface area contributed by atoms with Crippen LogP contribution >= 0.6 is 11.3 Å². The lowest BCUT2D eigenvalue weighted by molar-refractivity contribution is -0.237. The molecule has 29 heavy (non-hydrogen) atoms. The summed E-state index contributed by atoms with van der Waals surface area (Å²) in [6, 6.07) is 2.06. The largest absolute Gasteiger partial charge is 0.385 e. The normalized spacial score (nSPS) is 31.0. The third kappa shape index (κ3) is 3.60. The molecule has 1 saturated heterocycles. The molecular weight excluding hydrogens is 391 g/mol. The molecule has 1 fully saturated rings. The minimum Gasteiger partial charge on any atom is -0.385 e. The van der Waals surface area contributed by atoms with Crippen LogP contribution in [0.1, 0.15) is 36.3 Å². The van der Waals surface area contributed by atoms with Crippen LogP contribution in [-0.2, 0) is 0 Å². The fourth-order valence-corrected chi connectivity index (χ4v) is 5.04. The Morgan fingerprint density at radius 1 is 1.28 bits per heavy atom. The Bertz CT molecular complexity index is 1060. The molecule has 2 aromatic heterocycles. The molecule has 0 saturated carbocycles. The fourth-order valence-electron chi connectivity index (χ4n) is 3.95. The summed E-state index contributed by atoms with van der Waals surface area (Å²) in [5, 5.41) is 38.7. The van der Waals surface area contributed by atoms with E-state index in [1.165, 1.54) is 11.3 Å². The number of rotatable bonds is 2. The molecule has 9 nitrogen and oxygen atoms in total. The van der Waals surface area contributed by atoms with Crippen molar-refractivity contribution in [2.75, 3.05) is 6.54 Å². The summed E-state index contributed by atoms with van der Waals surface area (Å²) in [7, 11) is 5.71. The van der Waals surface area contributed by atoms with Gasteiger partial charge >= 0.3 is 0 Å². The lowest BCUT2D eigenvalue weighted by atomic mass is 9.76. The average molecular weight is 410 g/mol. The van der Waals surface area contributed by atoms with Crippen molar-refractivity contribution in [3.05, 3.63) is 35.0 Å². The second-order valence-electron chi connectivity index (χ2n) is 7.80. The Kier molecular flexibility index (Phi) is 4.16. The van der Waals surface area contributed by atoms with Gasteiger partial charge in [-0.1, -0.05) is 0 Å². The number of amidine groups is 1. The number of aliphatic hydroxyl groups is 3. The highest BCUT2D eigenvalue weighted by molar-refractivity contribution is 7.18. The van der Waals surface area contributed by atoms with Crippen molar-refractivity contribution in [2.24, 2.45) is 10.1 Å². The third-order valence-electron chi connectivity index (χ3n) is 5.10. The first kappa shape index (κ1) is 18.8. The van der Waals surface area contributed by atoms with Gasteiger partial charge in [0.05, 0.1) is 24.4 Å². The number of aliphatic imine (C=N–C) groups is 1. The van der Waals surface area contributed by atoms with Crippen LogP contribution in [0.4, 0.5) is 0 Å². The highest BCUT2D eigenvalue weighted by atomic mass is 32.1. The number of piperidine rings is 1. The van der Waals surface area contributed by atoms with Crippen LogP contribution in [0.2, 0.25) is 0 Å². The lowest BCUT2D eigenvalue weighted by Crippen LogP contribution is -2.63. The first-order chi connectivity index (χ1) is 13.7. The van der Waals surface area contributed by atoms with Crippen LogP contribution in [0, 0.1) is 0 Å². The molecular formula is C18H19BN6O3S. The van der Waals surface area contributed by atoms with Crippen molar-refractivity contribution in [3.8, 4) is 0 Å². The monoisotopic (exact) mass is 410 g/mol. The number of hydrogen-bond donors (Lipinski definition) is 4. The third-order valence-corrected chi connectivity index (χ3v) is 6.28. The second kappa shape index (κ2) is 6.41. The Morgan fingerprint density at radius 2 is 2.10 bits per heavy atom. The number of aromatic nitrogens is 2. The number of nitrogens with zero attached hydrogens (tertiary/aromatic N) is 5. The molecule has 0 bridgehead atoms. The molecule has 4 N–H and O–H groups in total. The Balaban J connectivity index is 1.45. The minimum atomic E-state index is -2.25. The molecule has 148 valence electrons. The molecule has 0 amide bonds. The quantitative estimate of drug-likeness (QED) is 0.405. The highest BCUT2D eigenvalue weighted by Crippen LogP contribution is 2.40. The van der Waals surface area contributed by atoms with Gasteiger partial charge in [0, 0.05) is 17.2 Å². The summed E-state index contributed by atoms with van der Waals surface area (Å²) in [6.45, 7) is 2.79. The molecule has 3 aliphatic rings. The molecule has 0 spiro atoms. The van der Waals surface area contributed by atoms with Gasteiger partial charge in [-0.3, -0.25) is 9.98 Å². The number of allylic oxidation sites excluding steroid dienone is 1. The van der Waals surface area contributed by atoms with E-state index in [0.29, 0.717) is 21.8 Å². The van der Waals surface area contributed by atoms with Crippen molar-refractivity contribution in [1.29, 1.82) is 0 Å². The van der Waals surface area contributed by atoms with Crippen molar-refractivity contribution in [1.82, 2.24) is 20.3 Å². The first-order valence-corrected chi connectivity index (χ1v) is 10.1. The van der Waals surface area contributed by atoms with Crippen LogP contribution in [0.3, 0.4) is 0 Å². The zero-order valence-electron chi connectivity index (χ0n) is 15.6. The van der Waals surface area contributed by atoms with E-state index in [2.05, 4.69) is 20.4 Å². The molecule has 11 heteroatoms. The summed E-state index contributed by atoms with van der Waals surface area (Å²) < 4.78 is 0. The van der Waals surface area contributed by atoms with Crippen LogP contribution < -0.4 is 5.32 Å². The predicted molar refractivity (Wildman–Crippen MR) is 110 cm³/mol. The van der Waals surface area contributed by atoms with Crippen molar-refractivity contribution in [2.45, 2.75) is 43.3 Å². The number of hydrazone groups is 1. The Hall–Kier alpha value is -2.18. The molecule has 0 aromatic carbocycles. The first-order valence-electron chi connectivity index (χ1n) is 9.32. The Labute approximate surface area is 171 Å². The summed E-state index contributed by atoms with van der Waals surface area (Å²) in [5.74, 6) is -1.74. The number of thiophene rings is 1. The number of fused-ring (bicyclic) bond motifs is 2. The molecule has 5 heterocycles. The van der Waals surface area contributed by atoms with E-state index in [9.17, 15) is 15.3 Å². The van der Waals surface area contributed by atoms with Crippen molar-refractivity contribution < 1.29 is 15.3 Å². The molecule has 2 radical (unpaired) electrons. The van der Waals surface area contributed by atoms with Gasteiger partial charge < -0.3 is 15.3 Å². The lowest BCUT2D eigenvalue weighted by Gasteiger charge is -2.42. The molecule has 3 unspecified atom stereocenters. The van der Waals surface area contributed by atoms with Crippen LogP contribution in [0.5, 0.6) is 0 Å². The number of nitrogens with one attached hydrogen (secondary N) is 1. The molecule has 3 atom stereocenters. The van der Waals surface area contributed by atoms with E-state index in [4.69, 9.17) is 12.8 Å². The smallest absolute Gasteiger partial charge is 0.224 e. The van der Waals surface area contributed by atoms with E-state index in [-0.39, 0.29) is 24.8 Å². The molecule has 2 aromatic rings. The Morgan fingerprint density at radius 3 is 2.90 bits per heavy atom. The molecule has 0 aliphatic carbocycles. The van der Waals surface area contributed by atoms with Crippen LogP contribution in [-0.4, -0.2) is 73.8 Å². The SMILES string of the molecule is [B]C1(O)CC(c2cc3ncc(C4=NN5CC(C)N=C5C=C4)nc3s2)CC(O)(O)N1. The summed E-state index contributed by atoms with van der Waals surface area (Å²) in [4.78, 5) is 15.2. The van der Waals surface area contributed by atoms with Gasteiger partial charge in [0.2, 0.25) is 5.91 Å². The van der Waals surface area contributed by atoms with E-state index in [0.717, 1.165) is 17.3 Å². The van der Waals surface area contributed by atoms with Crippen molar-refractivity contribution >= 4 is 41.1 Å².